The van der Waals surface area contributed by atoms with Gasteiger partial charge in [0.05, 0.1) is 25.3 Å². The van der Waals surface area contributed by atoms with Gasteiger partial charge in [-0.05, 0) is 47.9 Å². The number of Topliss-reactive ketones (excluding diaryl/α,β-unsaturated/α-hetero) is 1. The van der Waals surface area contributed by atoms with E-state index in [9.17, 15) is 14.7 Å². The van der Waals surface area contributed by atoms with Crippen molar-refractivity contribution in [1.82, 2.24) is 10.2 Å². The van der Waals surface area contributed by atoms with Crippen LogP contribution in [0.15, 0.2) is 92.9 Å². The Morgan fingerprint density at radius 3 is 2.66 bits per heavy atom. The van der Waals surface area contributed by atoms with Gasteiger partial charge in [0.2, 0.25) is 10.9 Å². The maximum Gasteiger partial charge on any atom is 0.296 e. The molecule has 0 saturated heterocycles. The molecule has 1 N–H and O–H groups in total. The zero-order valence-corrected chi connectivity index (χ0v) is 26.0. The second-order valence-electron chi connectivity index (χ2n) is 9.81. The van der Waals surface area contributed by atoms with Gasteiger partial charge in [0, 0.05) is 16.2 Å². The van der Waals surface area contributed by atoms with Crippen molar-refractivity contribution < 1.29 is 28.6 Å². The molecule has 0 aliphatic carbocycles. The van der Waals surface area contributed by atoms with Crippen LogP contribution in [0.1, 0.15) is 41.1 Å². The summed E-state index contributed by atoms with van der Waals surface area (Å²) in [5.41, 5.74) is 1.77. The number of ketones is 1. The van der Waals surface area contributed by atoms with Crippen LogP contribution in [-0.4, -0.2) is 40.7 Å². The Hall–Kier alpha value is -4.32. The van der Waals surface area contributed by atoms with E-state index in [0.717, 1.165) is 12.0 Å². The maximum absolute atomic E-state index is 14.0. The zero-order chi connectivity index (χ0) is 30.8. The predicted octanol–water partition coefficient (Wildman–Crippen LogP) is 7.81. The van der Waals surface area contributed by atoms with Crippen LogP contribution >= 0.6 is 34.7 Å². The number of carbonyl (C=O) groups excluding carboxylic acids is 2. The van der Waals surface area contributed by atoms with Gasteiger partial charge in [0.25, 0.3) is 5.91 Å². The molecule has 6 rings (SSSR count). The van der Waals surface area contributed by atoms with E-state index in [1.165, 1.54) is 35.1 Å². The van der Waals surface area contributed by atoms with E-state index < -0.39 is 23.5 Å². The van der Waals surface area contributed by atoms with Gasteiger partial charge in [-0.2, -0.15) is 0 Å². The van der Waals surface area contributed by atoms with Crippen LogP contribution in [0.4, 0.5) is 5.13 Å². The van der Waals surface area contributed by atoms with Crippen LogP contribution in [0.5, 0.6) is 11.5 Å². The van der Waals surface area contributed by atoms with E-state index in [2.05, 4.69) is 10.2 Å². The molecule has 0 spiro atoms. The molecular formula is C32H26ClN3O6S2. The molecule has 9 nitrogen and oxygen atoms in total. The van der Waals surface area contributed by atoms with Crippen LogP contribution in [-0.2, 0) is 10.5 Å². The molecule has 0 fully saturated rings. The number of rotatable bonds is 11. The minimum Gasteiger partial charge on any atom is -0.503 e. The number of methoxy groups -OCH3 is 1. The minimum atomic E-state index is -1.00. The highest BCUT2D eigenvalue weighted by Crippen LogP contribution is 2.45. The summed E-state index contributed by atoms with van der Waals surface area (Å²) in [6.07, 6.45) is 0.845. The number of hydrogen-bond donors (Lipinski definition) is 1. The number of carbonyl (C=O) groups is 2. The SMILES string of the molecule is CCCOc1ccc(C2C(C(=O)c3cc4cccc(OC)c4o3)=C(O)C(=O)N2c2nnc(SCc3ccccc3Cl)s2)cc1. The van der Waals surface area contributed by atoms with Crippen molar-refractivity contribution in [3.63, 3.8) is 0 Å². The average Bonchev–Trinajstić information content (AvgIpc) is 3.76. The Morgan fingerprint density at radius 1 is 1.11 bits per heavy atom. The van der Waals surface area contributed by atoms with Crippen LogP contribution in [0.3, 0.4) is 0 Å². The Morgan fingerprint density at radius 2 is 1.91 bits per heavy atom. The molecule has 1 unspecified atom stereocenters. The maximum atomic E-state index is 14.0. The summed E-state index contributed by atoms with van der Waals surface area (Å²) < 4.78 is 17.6. The molecule has 0 radical (unpaired) electrons. The smallest absolute Gasteiger partial charge is 0.296 e. The van der Waals surface area contributed by atoms with Gasteiger partial charge >= 0.3 is 0 Å². The van der Waals surface area contributed by atoms with Gasteiger partial charge in [-0.3, -0.25) is 14.5 Å². The van der Waals surface area contributed by atoms with Crippen molar-refractivity contribution in [1.29, 1.82) is 0 Å². The fourth-order valence-electron chi connectivity index (χ4n) is 4.87. The minimum absolute atomic E-state index is 0.0400. The normalized spacial score (nSPS) is 14.9. The van der Waals surface area contributed by atoms with E-state index in [0.29, 0.717) is 49.8 Å². The molecule has 2 aromatic heterocycles. The lowest BCUT2D eigenvalue weighted by molar-refractivity contribution is -0.117. The first-order valence-electron chi connectivity index (χ1n) is 13.7. The molecule has 1 aliphatic rings. The van der Waals surface area contributed by atoms with Crippen molar-refractivity contribution in [3.8, 4) is 11.5 Å². The number of benzene rings is 3. The summed E-state index contributed by atoms with van der Waals surface area (Å²) in [5, 5.41) is 21.3. The van der Waals surface area contributed by atoms with Gasteiger partial charge < -0.3 is 19.0 Å². The van der Waals surface area contributed by atoms with Crippen LogP contribution in [0.25, 0.3) is 11.0 Å². The Kier molecular flexibility index (Phi) is 8.60. The molecule has 1 atom stereocenters. The third-order valence-corrected chi connectivity index (χ3v) is 9.46. The summed E-state index contributed by atoms with van der Waals surface area (Å²) >= 11 is 8.91. The number of ether oxygens (including phenoxy) is 2. The summed E-state index contributed by atoms with van der Waals surface area (Å²) in [6.45, 7) is 2.56. The van der Waals surface area contributed by atoms with Crippen molar-refractivity contribution in [2.45, 2.75) is 29.5 Å². The molecule has 1 amide bonds. The van der Waals surface area contributed by atoms with E-state index in [4.69, 9.17) is 25.5 Å². The summed E-state index contributed by atoms with van der Waals surface area (Å²) in [7, 11) is 1.51. The number of halogens is 1. The van der Waals surface area contributed by atoms with E-state index in [-0.39, 0.29) is 16.5 Å². The lowest BCUT2D eigenvalue weighted by Crippen LogP contribution is -2.31. The van der Waals surface area contributed by atoms with E-state index >= 15 is 0 Å². The Labute approximate surface area is 266 Å². The molecular weight excluding hydrogens is 622 g/mol. The fourth-order valence-corrected chi connectivity index (χ4v) is 7.02. The number of nitrogens with zero attached hydrogens (tertiary/aromatic N) is 3. The first-order chi connectivity index (χ1) is 21.4. The van der Waals surface area contributed by atoms with E-state index in [1.807, 2.05) is 31.2 Å². The summed E-state index contributed by atoms with van der Waals surface area (Å²) in [5.74, 6) is -0.470. The molecule has 0 saturated carbocycles. The molecule has 44 heavy (non-hydrogen) atoms. The summed E-state index contributed by atoms with van der Waals surface area (Å²) in [4.78, 5) is 29.0. The van der Waals surface area contributed by atoms with Crippen molar-refractivity contribution in [2.24, 2.45) is 0 Å². The van der Waals surface area contributed by atoms with E-state index in [1.54, 1.807) is 48.5 Å². The number of hydrogen-bond acceptors (Lipinski definition) is 10. The highest BCUT2D eigenvalue weighted by atomic mass is 35.5. The first-order valence-corrected chi connectivity index (χ1v) is 15.9. The number of fused-ring (bicyclic) bond motifs is 1. The van der Waals surface area contributed by atoms with Gasteiger partial charge in [-0.1, -0.05) is 84.1 Å². The predicted molar refractivity (Wildman–Crippen MR) is 170 cm³/mol. The Bertz CT molecular complexity index is 1880. The Balaban J connectivity index is 1.37. The van der Waals surface area contributed by atoms with Crippen LogP contribution in [0, 0.1) is 0 Å². The van der Waals surface area contributed by atoms with Gasteiger partial charge in [0.1, 0.15) is 5.75 Å². The molecule has 224 valence electrons. The van der Waals surface area contributed by atoms with Gasteiger partial charge in [-0.25, -0.2) is 0 Å². The third kappa shape index (κ3) is 5.66. The zero-order valence-electron chi connectivity index (χ0n) is 23.7. The average molecular weight is 648 g/mol. The van der Waals surface area contributed by atoms with Crippen molar-refractivity contribution in [3.05, 3.63) is 106 Å². The molecule has 3 heterocycles. The second kappa shape index (κ2) is 12.7. The molecule has 12 heteroatoms. The third-order valence-electron chi connectivity index (χ3n) is 6.98. The standard InChI is InChI=1S/C32H26ClN3O6S2/c1-3-15-41-21-13-11-18(12-14-21)26-25(27(37)24-16-19-8-6-10-23(40-2)29(19)42-24)28(38)30(39)36(26)31-34-35-32(44-31)43-17-20-7-4-5-9-22(20)33/h4-14,16,26,38H,3,15,17H2,1-2H3. The lowest BCUT2D eigenvalue weighted by Gasteiger charge is -2.24. The van der Waals surface area contributed by atoms with Crippen LogP contribution < -0.4 is 14.4 Å². The highest BCUT2D eigenvalue weighted by Gasteiger charge is 2.47. The molecule has 5 aromatic rings. The number of anilines is 1. The largest absolute Gasteiger partial charge is 0.503 e. The number of furan rings is 1. The fraction of sp³-hybridized carbons (Fsp3) is 0.188. The molecule has 0 bridgehead atoms. The van der Waals surface area contributed by atoms with Crippen molar-refractivity contribution >= 4 is 62.5 Å². The number of para-hydroxylation sites is 1. The van der Waals surface area contributed by atoms with Gasteiger partial charge in [-0.15, -0.1) is 10.2 Å². The van der Waals surface area contributed by atoms with Crippen molar-refractivity contribution in [2.75, 3.05) is 18.6 Å². The second-order valence-corrected chi connectivity index (χ2v) is 12.4. The monoisotopic (exact) mass is 647 g/mol. The first kappa shape index (κ1) is 29.7. The molecule has 3 aromatic carbocycles. The number of thioether (sulfide) groups is 1. The number of aliphatic hydroxyl groups excluding tert-OH is 1. The topological polar surface area (TPSA) is 115 Å². The van der Waals surface area contributed by atoms with Gasteiger partial charge in [0.15, 0.2) is 27.2 Å². The number of aliphatic hydroxyl groups is 1. The number of amides is 1. The van der Waals surface area contributed by atoms with Crippen LogP contribution in [0.2, 0.25) is 5.02 Å². The highest BCUT2D eigenvalue weighted by molar-refractivity contribution is 8.00. The quantitative estimate of drug-likeness (QED) is 0.0870. The summed E-state index contributed by atoms with van der Waals surface area (Å²) in [6, 6.07) is 20.4. The number of aromatic nitrogens is 2. The lowest BCUT2D eigenvalue weighted by atomic mass is 9.95. The molecule has 1 aliphatic heterocycles.